The Kier molecular flexibility index (Phi) is 6.43. The van der Waals surface area contributed by atoms with Crippen LogP contribution in [0.3, 0.4) is 0 Å². The Labute approximate surface area is 150 Å². The smallest absolute Gasteiger partial charge is 0.277 e. The zero-order valence-corrected chi connectivity index (χ0v) is 15.2. The molecule has 0 heterocycles. The summed E-state index contributed by atoms with van der Waals surface area (Å²) < 4.78 is 7.59. The summed E-state index contributed by atoms with van der Waals surface area (Å²) in [4.78, 5) is 11.6. The fourth-order valence-electron chi connectivity index (χ4n) is 1.48. The summed E-state index contributed by atoms with van der Waals surface area (Å²) in [5.41, 5.74) is 3.37. The second kappa shape index (κ2) is 8.32. The number of halogens is 2. The van der Waals surface area contributed by atoms with Crippen molar-refractivity contribution in [2.24, 2.45) is 5.10 Å². The Morgan fingerprint density at radius 3 is 2.62 bits per heavy atom. The predicted molar refractivity (Wildman–Crippen MR) is 99.5 cm³/mol. The number of nitrogens with zero attached hydrogens (tertiary/aromatic N) is 1. The second-order valence-corrected chi connectivity index (χ2v) is 6.58. The molecule has 0 bridgehead atoms. The highest BCUT2D eigenvalue weighted by Gasteiger charge is 2.01. The summed E-state index contributed by atoms with van der Waals surface area (Å²) in [6.45, 7) is -0.0652. The third kappa shape index (κ3) is 6.00. The van der Waals surface area contributed by atoms with E-state index >= 15 is 0 Å². The molecule has 0 unspecified atom stereocenters. The quantitative estimate of drug-likeness (QED) is 0.384. The van der Waals surface area contributed by atoms with E-state index in [0.717, 1.165) is 12.7 Å². The van der Waals surface area contributed by atoms with Crippen LogP contribution in [0.2, 0.25) is 0 Å². The second-order valence-electron chi connectivity index (χ2n) is 4.09. The van der Waals surface area contributed by atoms with Gasteiger partial charge in [0.05, 0.1) is 6.21 Å². The number of carbonyl (C=O) groups is 1. The van der Waals surface area contributed by atoms with Gasteiger partial charge in [-0.2, -0.15) is 5.10 Å². The van der Waals surface area contributed by atoms with Crippen molar-refractivity contribution in [3.63, 3.8) is 0 Å². The Hall–Kier alpha value is -1.16. The maximum absolute atomic E-state index is 11.6. The molecule has 1 N–H and O–H groups in total. The average molecular weight is 506 g/mol. The standard InChI is InChI=1S/C15H12I2N2O2/c16-12-4-6-14(7-5-12)21-10-15(20)19-18-9-11-2-1-3-13(17)8-11/h1-9H,10H2,(H,19,20). The molecular formula is C15H12I2N2O2. The number of carbonyl (C=O) groups excluding carboxylic acids is 1. The number of hydrazone groups is 1. The lowest BCUT2D eigenvalue weighted by Gasteiger charge is -2.04. The van der Waals surface area contributed by atoms with E-state index in [1.165, 1.54) is 0 Å². The first-order valence-corrected chi connectivity index (χ1v) is 8.25. The minimum Gasteiger partial charge on any atom is -0.484 e. The number of hydrogen-bond acceptors (Lipinski definition) is 3. The van der Waals surface area contributed by atoms with Gasteiger partial charge in [0.15, 0.2) is 6.61 Å². The van der Waals surface area contributed by atoms with Gasteiger partial charge in [0, 0.05) is 7.14 Å². The largest absolute Gasteiger partial charge is 0.484 e. The van der Waals surface area contributed by atoms with Crippen molar-refractivity contribution in [2.75, 3.05) is 6.61 Å². The first-order valence-electron chi connectivity index (χ1n) is 6.09. The Morgan fingerprint density at radius 2 is 1.90 bits per heavy atom. The van der Waals surface area contributed by atoms with Gasteiger partial charge >= 0.3 is 0 Å². The normalized spacial score (nSPS) is 10.6. The van der Waals surface area contributed by atoms with Gasteiger partial charge in [0.2, 0.25) is 0 Å². The van der Waals surface area contributed by atoms with Crippen LogP contribution in [0.1, 0.15) is 5.56 Å². The molecule has 2 aromatic carbocycles. The van der Waals surface area contributed by atoms with E-state index in [1.807, 2.05) is 48.5 Å². The molecule has 0 aliphatic heterocycles. The van der Waals surface area contributed by atoms with E-state index in [2.05, 4.69) is 55.7 Å². The summed E-state index contributed by atoms with van der Waals surface area (Å²) in [5, 5.41) is 3.90. The van der Waals surface area contributed by atoms with Crippen molar-refractivity contribution >= 4 is 57.3 Å². The molecule has 1 amide bonds. The summed E-state index contributed by atoms with van der Waals surface area (Å²) in [6, 6.07) is 15.3. The SMILES string of the molecule is O=C(COc1ccc(I)cc1)NN=Cc1cccc(I)c1. The van der Waals surface area contributed by atoms with Gasteiger partial charge in [-0.25, -0.2) is 5.43 Å². The van der Waals surface area contributed by atoms with E-state index < -0.39 is 0 Å². The van der Waals surface area contributed by atoms with Crippen molar-refractivity contribution in [1.82, 2.24) is 5.43 Å². The molecule has 2 rings (SSSR count). The van der Waals surface area contributed by atoms with Crippen LogP contribution in [0.4, 0.5) is 0 Å². The van der Waals surface area contributed by atoms with Crippen molar-refractivity contribution in [2.45, 2.75) is 0 Å². The number of amides is 1. The third-order valence-corrected chi connectivity index (χ3v) is 3.83. The van der Waals surface area contributed by atoms with Crippen LogP contribution in [0.25, 0.3) is 0 Å². The van der Waals surface area contributed by atoms with E-state index in [1.54, 1.807) is 6.21 Å². The van der Waals surface area contributed by atoms with E-state index in [4.69, 9.17) is 4.74 Å². The number of hydrogen-bond donors (Lipinski definition) is 1. The van der Waals surface area contributed by atoms with Gasteiger partial charge in [-0.15, -0.1) is 0 Å². The molecule has 0 aliphatic rings. The van der Waals surface area contributed by atoms with Crippen LogP contribution >= 0.6 is 45.2 Å². The third-order valence-electron chi connectivity index (χ3n) is 2.44. The minimum absolute atomic E-state index is 0.0652. The zero-order chi connectivity index (χ0) is 15.1. The van der Waals surface area contributed by atoms with E-state index in [0.29, 0.717) is 5.75 Å². The van der Waals surface area contributed by atoms with Crippen molar-refractivity contribution in [3.8, 4) is 5.75 Å². The maximum Gasteiger partial charge on any atom is 0.277 e. The first kappa shape index (κ1) is 16.2. The van der Waals surface area contributed by atoms with Gasteiger partial charge < -0.3 is 4.74 Å². The fraction of sp³-hybridized carbons (Fsp3) is 0.0667. The number of nitrogens with one attached hydrogen (secondary N) is 1. The Balaban J connectivity index is 1.78. The van der Waals surface area contributed by atoms with Gasteiger partial charge in [-0.05, 0) is 87.1 Å². The van der Waals surface area contributed by atoms with E-state index in [-0.39, 0.29) is 12.5 Å². The maximum atomic E-state index is 11.6. The monoisotopic (exact) mass is 506 g/mol. The molecule has 6 heteroatoms. The predicted octanol–water partition coefficient (Wildman–Crippen LogP) is 3.42. The summed E-state index contributed by atoms with van der Waals surface area (Å²) in [7, 11) is 0. The van der Waals surface area contributed by atoms with E-state index in [9.17, 15) is 4.79 Å². The molecule has 0 radical (unpaired) electrons. The van der Waals surface area contributed by atoms with Gasteiger partial charge in [0.25, 0.3) is 5.91 Å². The van der Waals surface area contributed by atoms with Gasteiger partial charge in [0.1, 0.15) is 5.75 Å². The van der Waals surface area contributed by atoms with Crippen LogP contribution < -0.4 is 10.2 Å². The molecule has 0 spiro atoms. The van der Waals surface area contributed by atoms with Crippen molar-refractivity contribution in [3.05, 3.63) is 61.2 Å². The molecule has 108 valence electrons. The summed E-state index contributed by atoms with van der Waals surface area (Å²) in [6.07, 6.45) is 1.60. The molecule has 0 atom stereocenters. The zero-order valence-electron chi connectivity index (χ0n) is 10.9. The molecule has 0 saturated carbocycles. The lowest BCUT2D eigenvalue weighted by atomic mass is 10.2. The van der Waals surface area contributed by atoms with Crippen LogP contribution in [0.15, 0.2) is 53.6 Å². The minimum atomic E-state index is -0.296. The van der Waals surface area contributed by atoms with Crippen LogP contribution in [-0.2, 0) is 4.79 Å². The molecule has 21 heavy (non-hydrogen) atoms. The highest BCUT2D eigenvalue weighted by molar-refractivity contribution is 14.1. The summed E-state index contributed by atoms with van der Waals surface area (Å²) in [5.74, 6) is 0.364. The fourth-order valence-corrected chi connectivity index (χ4v) is 2.40. The molecule has 2 aromatic rings. The molecule has 4 nitrogen and oxygen atoms in total. The number of rotatable bonds is 5. The number of benzene rings is 2. The molecule has 0 saturated heterocycles. The average Bonchev–Trinajstić information content (AvgIpc) is 2.47. The highest BCUT2D eigenvalue weighted by Crippen LogP contribution is 2.13. The molecular weight excluding hydrogens is 494 g/mol. The van der Waals surface area contributed by atoms with Crippen molar-refractivity contribution in [1.29, 1.82) is 0 Å². The molecule has 0 aliphatic carbocycles. The summed E-state index contributed by atoms with van der Waals surface area (Å²) >= 11 is 4.43. The Bertz CT molecular complexity index is 642. The lowest BCUT2D eigenvalue weighted by Crippen LogP contribution is -2.24. The van der Waals surface area contributed by atoms with Gasteiger partial charge in [-0.3, -0.25) is 4.79 Å². The highest BCUT2D eigenvalue weighted by atomic mass is 127. The molecule has 0 fully saturated rings. The van der Waals surface area contributed by atoms with Crippen LogP contribution in [-0.4, -0.2) is 18.7 Å². The van der Waals surface area contributed by atoms with Crippen molar-refractivity contribution < 1.29 is 9.53 Å². The number of ether oxygens (including phenoxy) is 1. The first-order chi connectivity index (χ1) is 10.1. The topological polar surface area (TPSA) is 50.7 Å². The van der Waals surface area contributed by atoms with Crippen LogP contribution in [0.5, 0.6) is 5.75 Å². The molecule has 0 aromatic heterocycles. The Morgan fingerprint density at radius 1 is 1.14 bits per heavy atom. The van der Waals surface area contributed by atoms with Gasteiger partial charge in [-0.1, -0.05) is 12.1 Å². The van der Waals surface area contributed by atoms with Crippen LogP contribution in [0, 0.1) is 7.14 Å². The lowest BCUT2D eigenvalue weighted by molar-refractivity contribution is -0.123.